The number of nitrogens with two attached hydrogens (primary N) is 2. The molecule has 7 N–H and O–H groups in total. The van der Waals surface area contributed by atoms with Crippen molar-refractivity contribution in [3.8, 4) is 17.2 Å². The third-order valence-electron chi connectivity index (χ3n) is 11.7. The van der Waals surface area contributed by atoms with Gasteiger partial charge in [0.1, 0.15) is 5.75 Å². The van der Waals surface area contributed by atoms with Crippen molar-refractivity contribution in [1.82, 2.24) is 20.1 Å². The first-order valence-electron chi connectivity index (χ1n) is 20.6. The number of phenols is 1. The van der Waals surface area contributed by atoms with Crippen molar-refractivity contribution >= 4 is 46.1 Å². The molecule has 4 aromatic rings. The number of nitrogens with zero attached hydrogens (tertiary/aromatic N) is 2. The number of fused-ring (bicyclic) bond motifs is 2. The third-order valence-corrected chi connectivity index (χ3v) is 11.9. The largest absolute Gasteiger partial charge is 0.508 e. The number of hydrogen-bond donors (Lipinski definition) is 5. The molecule has 316 valence electrons. The van der Waals surface area contributed by atoms with Crippen molar-refractivity contribution in [2.24, 2.45) is 35.1 Å². The number of H-pyrrole nitrogens is 1. The van der Waals surface area contributed by atoms with E-state index in [1.807, 2.05) is 26.0 Å². The number of aromatic nitrogens is 1. The van der Waals surface area contributed by atoms with Gasteiger partial charge in [0.05, 0.1) is 31.5 Å². The fourth-order valence-corrected chi connectivity index (χ4v) is 9.19. The Balaban J connectivity index is 1.35. The first-order valence-corrected chi connectivity index (χ1v) is 21.0. The molecule has 2 saturated heterocycles. The number of carbonyl (C=O) groups is 4. The van der Waals surface area contributed by atoms with Crippen LogP contribution >= 0.6 is 11.6 Å². The fraction of sp³-hybridized carbons (Fsp3) is 0.467. The molecule has 3 heterocycles. The Bertz CT molecular complexity index is 2120. The lowest BCUT2D eigenvalue weighted by Crippen LogP contribution is -2.56. The van der Waals surface area contributed by atoms with Crippen LogP contribution in [0.2, 0.25) is 5.02 Å². The van der Waals surface area contributed by atoms with Crippen LogP contribution in [0, 0.1) is 23.7 Å². The summed E-state index contributed by atoms with van der Waals surface area (Å²) in [5.74, 6) is -2.66. The van der Waals surface area contributed by atoms with Gasteiger partial charge in [0.15, 0.2) is 11.5 Å². The molecule has 0 bridgehead atoms. The number of aromatic amines is 1. The molecule has 14 heteroatoms. The zero-order valence-corrected chi connectivity index (χ0v) is 34.9. The molecule has 2 aliphatic heterocycles. The van der Waals surface area contributed by atoms with Crippen molar-refractivity contribution in [3.63, 3.8) is 0 Å². The summed E-state index contributed by atoms with van der Waals surface area (Å²) in [6, 6.07) is 16.8. The second-order valence-electron chi connectivity index (χ2n) is 16.1. The van der Waals surface area contributed by atoms with E-state index in [2.05, 4.69) is 10.3 Å². The Kier molecular flexibility index (Phi) is 14.4. The molecular formula is C45H57ClN6O7. The quantitative estimate of drug-likeness (QED) is 0.0818. The summed E-state index contributed by atoms with van der Waals surface area (Å²) in [4.78, 5) is 63.7. The summed E-state index contributed by atoms with van der Waals surface area (Å²) in [5.41, 5.74) is 14.8. The number of piperidine rings is 1. The average molecular weight is 829 g/mol. The third kappa shape index (κ3) is 10.3. The predicted molar refractivity (Wildman–Crippen MR) is 227 cm³/mol. The summed E-state index contributed by atoms with van der Waals surface area (Å²) in [6.07, 6.45) is 5.75. The number of hydrogen-bond acceptors (Lipinski definition) is 8. The van der Waals surface area contributed by atoms with E-state index < -0.39 is 29.7 Å². The number of nitrogens with one attached hydrogen (secondary N) is 2. The second kappa shape index (κ2) is 19.7. The van der Waals surface area contributed by atoms with Crippen molar-refractivity contribution in [2.75, 3.05) is 39.8 Å². The van der Waals surface area contributed by atoms with Crippen molar-refractivity contribution in [1.29, 1.82) is 0 Å². The van der Waals surface area contributed by atoms with E-state index in [4.69, 9.17) is 32.5 Å². The molecule has 5 atom stereocenters. The van der Waals surface area contributed by atoms with Crippen LogP contribution in [0.5, 0.6) is 17.2 Å². The number of aromatic hydroxyl groups is 1. The van der Waals surface area contributed by atoms with Crippen molar-refractivity contribution in [3.05, 3.63) is 88.6 Å². The van der Waals surface area contributed by atoms with E-state index in [1.165, 1.54) is 7.11 Å². The minimum atomic E-state index is -0.829. The van der Waals surface area contributed by atoms with E-state index in [1.54, 1.807) is 64.5 Å². The lowest BCUT2D eigenvalue weighted by molar-refractivity contribution is -0.139. The Morgan fingerprint density at radius 2 is 1.80 bits per heavy atom. The van der Waals surface area contributed by atoms with Crippen LogP contribution in [-0.4, -0.2) is 95.5 Å². The molecule has 2 aliphatic rings. The van der Waals surface area contributed by atoms with Crippen LogP contribution in [0.1, 0.15) is 67.4 Å². The highest BCUT2D eigenvalue weighted by atomic mass is 35.5. The summed E-state index contributed by atoms with van der Waals surface area (Å²) in [5, 5.41) is 14.7. The number of primary amides is 1. The molecule has 13 nitrogen and oxygen atoms in total. The molecule has 2 fully saturated rings. The number of likely N-dealkylation sites (tertiary alicyclic amines) is 2. The first kappa shape index (κ1) is 43.3. The van der Waals surface area contributed by atoms with Gasteiger partial charge in [-0.15, -0.1) is 0 Å². The number of benzene rings is 3. The lowest BCUT2D eigenvalue weighted by Gasteiger charge is -2.43. The highest BCUT2D eigenvalue weighted by Crippen LogP contribution is 2.45. The molecule has 4 amide bonds. The van der Waals surface area contributed by atoms with Crippen molar-refractivity contribution in [2.45, 2.75) is 70.9 Å². The Morgan fingerprint density at radius 1 is 0.983 bits per heavy atom. The summed E-state index contributed by atoms with van der Waals surface area (Å²) >= 11 is 6.21. The number of carbonyl (C=O) groups excluding carboxylic acids is 4. The molecule has 0 radical (unpaired) electrons. The number of phenolic OH excluding ortho intramolecular Hbond substituents is 1. The predicted octanol–water partition coefficient (Wildman–Crippen LogP) is 5.45. The molecule has 0 aliphatic carbocycles. The van der Waals surface area contributed by atoms with Gasteiger partial charge in [0.2, 0.25) is 17.7 Å². The smallest absolute Gasteiger partial charge is 0.254 e. The van der Waals surface area contributed by atoms with Crippen LogP contribution in [-0.2, 0) is 27.2 Å². The molecule has 0 saturated carbocycles. The molecule has 59 heavy (non-hydrogen) atoms. The summed E-state index contributed by atoms with van der Waals surface area (Å²) < 4.78 is 11.6. The molecule has 4 unspecified atom stereocenters. The topological polar surface area (TPSA) is 193 Å². The van der Waals surface area contributed by atoms with Crippen LogP contribution in [0.25, 0.3) is 10.9 Å². The van der Waals surface area contributed by atoms with Crippen LogP contribution < -0.4 is 26.3 Å². The van der Waals surface area contributed by atoms with Gasteiger partial charge in [0.25, 0.3) is 5.91 Å². The normalized spacial score (nSPS) is 19.4. The second-order valence-corrected chi connectivity index (χ2v) is 16.6. The highest BCUT2D eigenvalue weighted by molar-refractivity contribution is 6.31. The number of unbranched alkanes of at least 4 members (excludes halogenated alkanes) is 2. The summed E-state index contributed by atoms with van der Waals surface area (Å²) in [7, 11) is 1.51. The highest BCUT2D eigenvalue weighted by Gasteiger charge is 2.56. The number of halogens is 1. The number of aryl methyl sites for hydroxylation is 1. The van der Waals surface area contributed by atoms with E-state index in [0.717, 1.165) is 41.3 Å². The molecule has 1 aromatic heterocycles. The van der Waals surface area contributed by atoms with Crippen LogP contribution in [0.3, 0.4) is 0 Å². The Hall–Kier alpha value is -5.27. The fourth-order valence-electron chi connectivity index (χ4n) is 9.01. The van der Waals surface area contributed by atoms with Gasteiger partial charge in [-0.2, -0.15) is 0 Å². The zero-order valence-electron chi connectivity index (χ0n) is 34.1. The minimum Gasteiger partial charge on any atom is -0.508 e. The minimum absolute atomic E-state index is 0.0633. The molecule has 0 spiro atoms. The van der Waals surface area contributed by atoms with Gasteiger partial charge >= 0.3 is 0 Å². The van der Waals surface area contributed by atoms with E-state index >= 15 is 0 Å². The average Bonchev–Trinajstić information content (AvgIpc) is 3.79. The lowest BCUT2D eigenvalue weighted by atomic mass is 9.71. The standard InChI is InChI=1S/C45H57ClN6O7/c1-27(2)59-38-16-13-29(20-39(38)58-3)45(57)52-25-31-24-51(40(54)21-30-23-50-37-22-32(46)14-15-34(30)37)26-36(43(48)55)41(31)42(52)35(44(56)49-18-6-4-5-17-47)12-8-10-28-9-7-11-33(53)19-28/h7,9,11,13-16,19-20,22-23,27,31,35-36,41-42,50,53H,4-6,8,10,12,17-18,21,24-26,47H2,1-3H3,(H2,48,55)(H,49,56)/t31?,35-,36?,41?,42?/m0/s1. The number of amides is 4. The summed E-state index contributed by atoms with van der Waals surface area (Å²) in [6.45, 7) is 5.35. The van der Waals surface area contributed by atoms with Gasteiger partial charge in [-0.05, 0) is 118 Å². The SMILES string of the molecule is COc1cc(C(=O)N2CC3CN(C(=O)Cc4c[nH]c5cc(Cl)ccc45)CC(C(N)=O)C3C2[C@H](CCCc2cccc(O)c2)C(=O)NCCCCCN)ccc1OC(C)C. The van der Waals surface area contributed by atoms with Crippen LogP contribution in [0.4, 0.5) is 0 Å². The molecular weight excluding hydrogens is 772 g/mol. The maximum atomic E-state index is 14.9. The van der Waals surface area contributed by atoms with Gasteiger partial charge in [-0.1, -0.05) is 36.2 Å². The van der Waals surface area contributed by atoms with Crippen molar-refractivity contribution < 1.29 is 33.8 Å². The van der Waals surface area contributed by atoms with E-state index in [9.17, 15) is 24.3 Å². The Labute approximate surface area is 350 Å². The maximum Gasteiger partial charge on any atom is 0.254 e. The number of rotatable bonds is 18. The van der Waals surface area contributed by atoms with Gasteiger partial charge in [0, 0.05) is 59.9 Å². The van der Waals surface area contributed by atoms with E-state index in [0.29, 0.717) is 54.4 Å². The maximum absolute atomic E-state index is 14.9. The van der Waals surface area contributed by atoms with E-state index in [-0.39, 0.29) is 61.5 Å². The first-order chi connectivity index (χ1) is 28.4. The zero-order chi connectivity index (χ0) is 42.2. The van der Waals surface area contributed by atoms with Crippen LogP contribution in [0.15, 0.2) is 66.9 Å². The Morgan fingerprint density at radius 3 is 2.53 bits per heavy atom. The van der Waals surface area contributed by atoms with Gasteiger partial charge < -0.3 is 46.1 Å². The van der Waals surface area contributed by atoms with Gasteiger partial charge in [-0.3, -0.25) is 19.2 Å². The monoisotopic (exact) mass is 828 g/mol. The molecule has 6 rings (SSSR count). The number of methoxy groups -OCH3 is 1. The number of ether oxygens (including phenoxy) is 2. The van der Waals surface area contributed by atoms with Gasteiger partial charge in [-0.25, -0.2) is 0 Å². The molecule has 3 aromatic carbocycles.